The standard InChI is InChI=1S/C14H26N2O/c1-3-12(9-11-4-5-11)16-14(17)13-8-10(2)6-7-15-13/h10-13,15H,3-9H2,1-2H3,(H,16,17). The molecule has 1 saturated heterocycles. The zero-order valence-electron chi connectivity index (χ0n) is 11.2. The first-order valence-electron chi connectivity index (χ1n) is 7.22. The fraction of sp³-hybridized carbons (Fsp3) is 0.929. The van der Waals surface area contributed by atoms with Crippen LogP contribution in [-0.2, 0) is 4.79 Å². The molecule has 2 N–H and O–H groups in total. The van der Waals surface area contributed by atoms with Crippen LogP contribution in [0.5, 0.6) is 0 Å². The second kappa shape index (κ2) is 5.85. The Balaban J connectivity index is 1.77. The second-order valence-corrected chi connectivity index (χ2v) is 5.93. The summed E-state index contributed by atoms with van der Waals surface area (Å²) in [7, 11) is 0. The van der Waals surface area contributed by atoms with Gasteiger partial charge in [0.1, 0.15) is 0 Å². The largest absolute Gasteiger partial charge is 0.352 e. The van der Waals surface area contributed by atoms with E-state index in [0.717, 1.165) is 25.3 Å². The van der Waals surface area contributed by atoms with Crippen LogP contribution < -0.4 is 10.6 Å². The molecule has 0 aromatic rings. The Labute approximate surface area is 105 Å². The first-order valence-corrected chi connectivity index (χ1v) is 7.22. The van der Waals surface area contributed by atoms with E-state index in [2.05, 4.69) is 24.5 Å². The molecule has 0 aromatic carbocycles. The van der Waals surface area contributed by atoms with Crippen LogP contribution in [0, 0.1) is 11.8 Å². The topological polar surface area (TPSA) is 41.1 Å². The van der Waals surface area contributed by atoms with E-state index in [9.17, 15) is 4.79 Å². The van der Waals surface area contributed by atoms with Gasteiger partial charge in [-0.25, -0.2) is 0 Å². The van der Waals surface area contributed by atoms with Gasteiger partial charge in [0.25, 0.3) is 0 Å². The lowest BCUT2D eigenvalue weighted by Crippen LogP contribution is -2.50. The van der Waals surface area contributed by atoms with E-state index in [0.29, 0.717) is 12.0 Å². The molecule has 2 rings (SSSR count). The molecule has 1 heterocycles. The van der Waals surface area contributed by atoms with Gasteiger partial charge < -0.3 is 10.6 Å². The lowest BCUT2D eigenvalue weighted by molar-refractivity contribution is -0.124. The first-order chi connectivity index (χ1) is 8.19. The molecule has 3 nitrogen and oxygen atoms in total. The third-order valence-electron chi connectivity index (χ3n) is 4.14. The number of piperidine rings is 1. The molecule has 1 saturated carbocycles. The van der Waals surface area contributed by atoms with Crippen molar-refractivity contribution in [3.63, 3.8) is 0 Å². The molecule has 1 amide bonds. The molecule has 2 aliphatic rings. The van der Waals surface area contributed by atoms with Crippen LogP contribution >= 0.6 is 0 Å². The highest BCUT2D eigenvalue weighted by Crippen LogP contribution is 2.34. The molecular formula is C14H26N2O. The molecule has 17 heavy (non-hydrogen) atoms. The minimum absolute atomic E-state index is 0.0482. The van der Waals surface area contributed by atoms with E-state index in [-0.39, 0.29) is 11.9 Å². The van der Waals surface area contributed by atoms with Gasteiger partial charge in [-0.3, -0.25) is 4.79 Å². The lowest BCUT2D eigenvalue weighted by atomic mass is 9.93. The Hall–Kier alpha value is -0.570. The van der Waals surface area contributed by atoms with Crippen molar-refractivity contribution in [1.29, 1.82) is 0 Å². The van der Waals surface area contributed by atoms with Crippen molar-refractivity contribution in [2.75, 3.05) is 6.54 Å². The molecule has 0 bridgehead atoms. The van der Waals surface area contributed by atoms with Gasteiger partial charge in [-0.2, -0.15) is 0 Å². The Kier molecular flexibility index (Phi) is 4.43. The summed E-state index contributed by atoms with van der Waals surface area (Å²) < 4.78 is 0. The van der Waals surface area contributed by atoms with Crippen molar-refractivity contribution in [2.24, 2.45) is 11.8 Å². The van der Waals surface area contributed by atoms with Crippen molar-refractivity contribution < 1.29 is 4.79 Å². The quantitative estimate of drug-likeness (QED) is 0.770. The van der Waals surface area contributed by atoms with Crippen molar-refractivity contribution in [3.8, 4) is 0 Å². The predicted octanol–water partition coefficient (Wildman–Crippen LogP) is 2.07. The van der Waals surface area contributed by atoms with Crippen molar-refractivity contribution in [3.05, 3.63) is 0 Å². The van der Waals surface area contributed by atoms with E-state index in [4.69, 9.17) is 0 Å². The molecule has 1 aliphatic carbocycles. The van der Waals surface area contributed by atoms with Gasteiger partial charge in [0.2, 0.25) is 5.91 Å². The highest BCUT2D eigenvalue weighted by Gasteiger charge is 2.29. The molecule has 3 unspecified atom stereocenters. The fourth-order valence-corrected chi connectivity index (χ4v) is 2.69. The van der Waals surface area contributed by atoms with Crippen molar-refractivity contribution in [2.45, 2.75) is 64.5 Å². The highest BCUT2D eigenvalue weighted by molar-refractivity contribution is 5.82. The third-order valence-corrected chi connectivity index (χ3v) is 4.14. The zero-order valence-corrected chi connectivity index (χ0v) is 11.2. The number of hydrogen-bond acceptors (Lipinski definition) is 2. The average Bonchev–Trinajstić information content (AvgIpc) is 3.12. The predicted molar refractivity (Wildman–Crippen MR) is 69.8 cm³/mol. The maximum Gasteiger partial charge on any atom is 0.237 e. The highest BCUT2D eigenvalue weighted by atomic mass is 16.2. The van der Waals surface area contributed by atoms with Crippen molar-refractivity contribution in [1.82, 2.24) is 10.6 Å². The number of rotatable bonds is 5. The van der Waals surface area contributed by atoms with Gasteiger partial charge in [-0.05, 0) is 44.1 Å². The van der Waals surface area contributed by atoms with E-state index in [1.165, 1.54) is 25.7 Å². The number of carbonyl (C=O) groups excluding carboxylic acids is 1. The summed E-state index contributed by atoms with van der Waals surface area (Å²) in [4.78, 5) is 12.1. The van der Waals surface area contributed by atoms with Crippen LogP contribution in [0.1, 0.15) is 52.4 Å². The summed E-state index contributed by atoms with van der Waals surface area (Å²) in [6.45, 7) is 5.39. The lowest BCUT2D eigenvalue weighted by Gasteiger charge is -2.29. The van der Waals surface area contributed by atoms with Gasteiger partial charge in [-0.1, -0.05) is 26.7 Å². The van der Waals surface area contributed by atoms with Crippen LogP contribution in [0.15, 0.2) is 0 Å². The van der Waals surface area contributed by atoms with Gasteiger partial charge >= 0.3 is 0 Å². The summed E-state index contributed by atoms with van der Waals surface area (Å²) in [5.41, 5.74) is 0. The number of hydrogen-bond donors (Lipinski definition) is 2. The molecular weight excluding hydrogens is 212 g/mol. The van der Waals surface area contributed by atoms with Gasteiger partial charge in [0.15, 0.2) is 0 Å². The molecule has 2 fully saturated rings. The van der Waals surface area contributed by atoms with Crippen molar-refractivity contribution >= 4 is 5.91 Å². The van der Waals surface area contributed by atoms with Gasteiger partial charge in [0, 0.05) is 6.04 Å². The third kappa shape index (κ3) is 3.98. The molecule has 98 valence electrons. The minimum Gasteiger partial charge on any atom is -0.352 e. The summed E-state index contributed by atoms with van der Waals surface area (Å²) in [6.07, 6.45) is 7.17. The van der Waals surface area contributed by atoms with Crippen LogP contribution in [0.4, 0.5) is 0 Å². The monoisotopic (exact) mass is 238 g/mol. The summed E-state index contributed by atoms with van der Waals surface area (Å²) >= 11 is 0. The molecule has 3 heteroatoms. The average molecular weight is 238 g/mol. The van der Waals surface area contributed by atoms with Crippen LogP contribution in [0.25, 0.3) is 0 Å². The second-order valence-electron chi connectivity index (χ2n) is 5.93. The maximum absolute atomic E-state index is 12.1. The maximum atomic E-state index is 12.1. The Morgan fingerprint density at radius 2 is 2.18 bits per heavy atom. The minimum atomic E-state index is 0.0482. The van der Waals surface area contributed by atoms with E-state index < -0.39 is 0 Å². The first kappa shape index (κ1) is 12.9. The smallest absolute Gasteiger partial charge is 0.237 e. The van der Waals surface area contributed by atoms with E-state index in [1.54, 1.807) is 0 Å². The van der Waals surface area contributed by atoms with Crippen LogP contribution in [-0.4, -0.2) is 24.5 Å². The molecule has 0 spiro atoms. The zero-order chi connectivity index (χ0) is 12.3. The SMILES string of the molecule is CCC(CC1CC1)NC(=O)C1CC(C)CCN1. The number of amides is 1. The summed E-state index contributed by atoms with van der Waals surface area (Å²) in [5.74, 6) is 1.79. The van der Waals surface area contributed by atoms with Crippen LogP contribution in [0.2, 0.25) is 0 Å². The number of nitrogens with one attached hydrogen (secondary N) is 2. The van der Waals surface area contributed by atoms with E-state index >= 15 is 0 Å². The fourth-order valence-electron chi connectivity index (χ4n) is 2.69. The summed E-state index contributed by atoms with van der Waals surface area (Å²) in [6, 6.07) is 0.445. The molecule has 3 atom stereocenters. The Morgan fingerprint density at radius 3 is 2.76 bits per heavy atom. The normalized spacial score (nSPS) is 30.9. The van der Waals surface area contributed by atoms with Crippen LogP contribution in [0.3, 0.4) is 0 Å². The molecule has 0 aromatic heterocycles. The Morgan fingerprint density at radius 1 is 1.41 bits per heavy atom. The van der Waals surface area contributed by atoms with E-state index in [1.807, 2.05) is 0 Å². The molecule has 1 aliphatic heterocycles. The molecule has 0 radical (unpaired) electrons. The van der Waals surface area contributed by atoms with Gasteiger partial charge in [0.05, 0.1) is 6.04 Å². The summed E-state index contributed by atoms with van der Waals surface area (Å²) in [5, 5.41) is 6.56. The Bertz CT molecular complexity index is 263. The number of carbonyl (C=O) groups is 1. The van der Waals surface area contributed by atoms with Gasteiger partial charge in [-0.15, -0.1) is 0 Å².